The lowest BCUT2D eigenvalue weighted by molar-refractivity contribution is 0.0519. The number of carbonyl (C=O) groups is 1. The van der Waals surface area contributed by atoms with E-state index in [9.17, 15) is 9.59 Å². The molecule has 2 aromatic rings. The maximum absolute atomic E-state index is 12.7. The molecule has 1 aliphatic heterocycles. The molecule has 1 aromatic carbocycles. The fraction of sp³-hybridized carbons (Fsp3) is 0.333. The van der Waals surface area contributed by atoms with Gasteiger partial charge in [-0.3, -0.25) is 4.79 Å². The largest absolute Gasteiger partial charge is 0.497 e. The standard InChI is InChI=1S/C15H15NO4S/c1-3-20-15(18)12-13(17)10-8-9(19-2)4-5-11(10)16-6-7-21-14(12)16/h4-5,8H,3,6-7H2,1-2H3. The van der Waals surface area contributed by atoms with E-state index < -0.39 is 5.97 Å². The topological polar surface area (TPSA) is 57.5 Å². The molecule has 1 aromatic heterocycles. The highest BCUT2D eigenvalue weighted by atomic mass is 32.2. The second-order valence-electron chi connectivity index (χ2n) is 4.61. The molecule has 3 rings (SSSR count). The van der Waals surface area contributed by atoms with Crippen LogP contribution in [0.1, 0.15) is 17.3 Å². The van der Waals surface area contributed by atoms with Gasteiger partial charge in [0.2, 0.25) is 5.43 Å². The van der Waals surface area contributed by atoms with E-state index in [2.05, 4.69) is 0 Å². The van der Waals surface area contributed by atoms with Crippen LogP contribution in [0, 0.1) is 0 Å². The maximum Gasteiger partial charge on any atom is 0.344 e. The Morgan fingerprint density at radius 1 is 1.43 bits per heavy atom. The van der Waals surface area contributed by atoms with Gasteiger partial charge < -0.3 is 14.0 Å². The predicted octanol–water partition coefficient (Wildman–Crippen LogP) is 2.29. The molecule has 0 bridgehead atoms. The van der Waals surface area contributed by atoms with Gasteiger partial charge in [-0.1, -0.05) is 0 Å². The van der Waals surface area contributed by atoms with Crippen molar-refractivity contribution in [1.82, 2.24) is 4.57 Å². The van der Waals surface area contributed by atoms with E-state index in [-0.39, 0.29) is 17.6 Å². The van der Waals surface area contributed by atoms with Crippen molar-refractivity contribution < 1.29 is 14.3 Å². The molecule has 0 radical (unpaired) electrons. The molecule has 2 heterocycles. The molecule has 0 unspecified atom stereocenters. The number of ether oxygens (including phenoxy) is 2. The number of aromatic nitrogens is 1. The summed E-state index contributed by atoms with van der Waals surface area (Å²) in [6.07, 6.45) is 0. The van der Waals surface area contributed by atoms with Crippen molar-refractivity contribution >= 4 is 28.6 Å². The highest BCUT2D eigenvalue weighted by Crippen LogP contribution is 2.32. The molecule has 0 saturated carbocycles. The Labute approximate surface area is 125 Å². The summed E-state index contributed by atoms with van der Waals surface area (Å²) in [5, 5.41) is 1.19. The predicted molar refractivity (Wildman–Crippen MR) is 81.4 cm³/mol. The summed E-state index contributed by atoms with van der Waals surface area (Å²) in [6.45, 7) is 2.75. The number of fused-ring (bicyclic) bond motifs is 3. The first kappa shape index (κ1) is 14.0. The van der Waals surface area contributed by atoms with E-state index in [0.29, 0.717) is 16.2 Å². The zero-order valence-electron chi connectivity index (χ0n) is 11.8. The minimum atomic E-state index is -0.551. The van der Waals surface area contributed by atoms with Crippen molar-refractivity contribution in [3.8, 4) is 5.75 Å². The molecule has 0 spiro atoms. The normalized spacial score (nSPS) is 13.2. The minimum Gasteiger partial charge on any atom is -0.497 e. The van der Waals surface area contributed by atoms with Crippen LogP contribution in [0.3, 0.4) is 0 Å². The van der Waals surface area contributed by atoms with Crippen molar-refractivity contribution in [2.75, 3.05) is 19.5 Å². The van der Waals surface area contributed by atoms with Gasteiger partial charge in [-0.25, -0.2) is 4.79 Å². The highest BCUT2D eigenvalue weighted by Gasteiger charge is 2.26. The van der Waals surface area contributed by atoms with Crippen LogP contribution in [0.4, 0.5) is 0 Å². The third-order valence-corrected chi connectivity index (χ3v) is 4.54. The van der Waals surface area contributed by atoms with Crippen molar-refractivity contribution in [1.29, 1.82) is 0 Å². The molecule has 110 valence electrons. The fourth-order valence-corrected chi connectivity index (χ4v) is 3.66. The number of thioether (sulfide) groups is 1. The molecule has 1 aliphatic rings. The van der Waals surface area contributed by atoms with Crippen LogP contribution >= 0.6 is 11.8 Å². The Bertz CT molecular complexity index is 781. The van der Waals surface area contributed by atoms with Crippen molar-refractivity contribution in [3.05, 3.63) is 34.0 Å². The van der Waals surface area contributed by atoms with Gasteiger partial charge in [0, 0.05) is 12.3 Å². The average Bonchev–Trinajstić information content (AvgIpc) is 2.96. The van der Waals surface area contributed by atoms with Crippen molar-refractivity contribution in [2.45, 2.75) is 18.5 Å². The summed E-state index contributed by atoms with van der Waals surface area (Å²) in [6, 6.07) is 5.36. The molecule has 0 N–H and O–H groups in total. The van der Waals surface area contributed by atoms with Gasteiger partial charge in [-0.15, -0.1) is 11.8 Å². The minimum absolute atomic E-state index is 0.139. The number of carbonyl (C=O) groups excluding carboxylic acids is 1. The van der Waals surface area contributed by atoms with E-state index in [1.54, 1.807) is 20.1 Å². The summed E-state index contributed by atoms with van der Waals surface area (Å²) >= 11 is 1.52. The maximum atomic E-state index is 12.7. The molecular formula is C15H15NO4S. The van der Waals surface area contributed by atoms with E-state index in [1.807, 2.05) is 16.7 Å². The van der Waals surface area contributed by atoms with Crippen LogP contribution < -0.4 is 10.2 Å². The summed E-state index contributed by atoms with van der Waals surface area (Å²) < 4.78 is 12.2. The Kier molecular flexibility index (Phi) is 3.63. The van der Waals surface area contributed by atoms with Gasteiger partial charge >= 0.3 is 5.97 Å². The van der Waals surface area contributed by atoms with Crippen LogP contribution in [0.15, 0.2) is 28.0 Å². The molecule has 21 heavy (non-hydrogen) atoms. The summed E-state index contributed by atoms with van der Waals surface area (Å²) in [4.78, 5) is 24.8. The van der Waals surface area contributed by atoms with Crippen LogP contribution in [-0.4, -0.2) is 30.0 Å². The van der Waals surface area contributed by atoms with E-state index in [0.717, 1.165) is 17.8 Å². The monoisotopic (exact) mass is 305 g/mol. The van der Waals surface area contributed by atoms with Gasteiger partial charge in [0.05, 0.1) is 29.6 Å². The molecule has 5 nitrogen and oxygen atoms in total. The molecule has 0 amide bonds. The molecule has 0 saturated heterocycles. The molecular weight excluding hydrogens is 290 g/mol. The molecule has 0 atom stereocenters. The Morgan fingerprint density at radius 2 is 2.24 bits per heavy atom. The van der Waals surface area contributed by atoms with Crippen LogP contribution in [0.2, 0.25) is 0 Å². The van der Waals surface area contributed by atoms with Gasteiger partial charge in [0.25, 0.3) is 0 Å². The van der Waals surface area contributed by atoms with E-state index in [1.165, 1.54) is 11.8 Å². The second-order valence-corrected chi connectivity index (χ2v) is 5.70. The van der Waals surface area contributed by atoms with Crippen LogP contribution in [0.5, 0.6) is 5.75 Å². The van der Waals surface area contributed by atoms with Crippen molar-refractivity contribution in [2.24, 2.45) is 0 Å². The first-order chi connectivity index (χ1) is 10.2. The van der Waals surface area contributed by atoms with Gasteiger partial charge in [0.1, 0.15) is 11.3 Å². The number of hydrogen-bond donors (Lipinski definition) is 0. The van der Waals surface area contributed by atoms with Gasteiger partial charge in [-0.2, -0.15) is 0 Å². The summed E-state index contributed by atoms with van der Waals surface area (Å²) in [7, 11) is 1.55. The lowest BCUT2D eigenvalue weighted by atomic mass is 10.1. The van der Waals surface area contributed by atoms with Crippen LogP contribution in [0.25, 0.3) is 10.9 Å². The van der Waals surface area contributed by atoms with Crippen molar-refractivity contribution in [3.63, 3.8) is 0 Å². The Hall–Kier alpha value is -1.95. The summed E-state index contributed by atoms with van der Waals surface area (Å²) in [5.41, 5.74) is 0.678. The van der Waals surface area contributed by atoms with Gasteiger partial charge in [-0.05, 0) is 25.1 Å². The Balaban J connectivity index is 2.35. The lowest BCUT2D eigenvalue weighted by Crippen LogP contribution is -2.22. The zero-order chi connectivity index (χ0) is 15.0. The third-order valence-electron chi connectivity index (χ3n) is 3.46. The number of methoxy groups -OCH3 is 1. The van der Waals surface area contributed by atoms with Gasteiger partial charge in [0.15, 0.2) is 0 Å². The fourth-order valence-electron chi connectivity index (χ4n) is 2.52. The number of pyridine rings is 1. The second kappa shape index (κ2) is 5.44. The molecule has 0 aliphatic carbocycles. The lowest BCUT2D eigenvalue weighted by Gasteiger charge is -2.13. The smallest absolute Gasteiger partial charge is 0.344 e. The molecule has 0 fully saturated rings. The average molecular weight is 305 g/mol. The number of nitrogens with zero attached hydrogens (tertiary/aromatic N) is 1. The molecule has 6 heteroatoms. The first-order valence-electron chi connectivity index (χ1n) is 6.71. The number of rotatable bonds is 3. The third kappa shape index (κ3) is 2.19. The quantitative estimate of drug-likeness (QED) is 0.814. The number of esters is 1. The number of aryl methyl sites for hydroxylation is 1. The Morgan fingerprint density at radius 3 is 2.95 bits per heavy atom. The number of benzene rings is 1. The number of hydrogen-bond acceptors (Lipinski definition) is 5. The highest BCUT2D eigenvalue weighted by molar-refractivity contribution is 7.99. The SMILES string of the molecule is CCOC(=O)c1c2n(c3ccc(OC)cc3c1=O)CCS2. The van der Waals surface area contributed by atoms with E-state index in [4.69, 9.17) is 9.47 Å². The van der Waals surface area contributed by atoms with Crippen LogP contribution in [-0.2, 0) is 11.3 Å². The zero-order valence-corrected chi connectivity index (χ0v) is 12.7. The van der Waals surface area contributed by atoms with E-state index >= 15 is 0 Å². The summed E-state index contributed by atoms with van der Waals surface area (Å²) in [5.74, 6) is 0.891. The first-order valence-corrected chi connectivity index (χ1v) is 7.70.